The van der Waals surface area contributed by atoms with Crippen LogP contribution < -0.4 is 5.32 Å². The lowest BCUT2D eigenvalue weighted by molar-refractivity contribution is 0.169. The quantitative estimate of drug-likeness (QED) is 0.630. The van der Waals surface area contributed by atoms with E-state index >= 15 is 0 Å². The lowest BCUT2D eigenvalue weighted by atomic mass is 9.94. The van der Waals surface area contributed by atoms with Gasteiger partial charge in [-0.3, -0.25) is 0 Å². The molecule has 2 unspecified atom stereocenters. The Morgan fingerprint density at radius 2 is 2.00 bits per heavy atom. The van der Waals surface area contributed by atoms with E-state index in [-0.39, 0.29) is 0 Å². The molecule has 0 saturated carbocycles. The second kappa shape index (κ2) is 8.52. The molecule has 13 heavy (non-hydrogen) atoms. The fourth-order valence-electron chi connectivity index (χ4n) is 1.64. The van der Waals surface area contributed by atoms with Crippen LogP contribution in [-0.2, 0) is 4.74 Å². The maximum atomic E-state index is 5.08. The van der Waals surface area contributed by atoms with Gasteiger partial charge in [0.2, 0.25) is 0 Å². The fraction of sp³-hybridized carbons (Fsp3) is 1.00. The Morgan fingerprint density at radius 1 is 1.31 bits per heavy atom. The Labute approximate surface area is 83.1 Å². The normalized spacial score (nSPS) is 15.7. The molecule has 0 aliphatic heterocycles. The van der Waals surface area contributed by atoms with Crippen molar-refractivity contribution in [1.82, 2.24) is 5.32 Å². The van der Waals surface area contributed by atoms with Crippen LogP contribution in [0.2, 0.25) is 0 Å². The molecule has 2 heteroatoms. The summed E-state index contributed by atoms with van der Waals surface area (Å²) >= 11 is 0. The monoisotopic (exact) mass is 187 g/mol. The van der Waals surface area contributed by atoms with Gasteiger partial charge in [-0.25, -0.2) is 0 Å². The number of hydrogen-bond donors (Lipinski definition) is 1. The number of nitrogens with one attached hydrogen (secondary N) is 1. The van der Waals surface area contributed by atoms with Crippen LogP contribution in [0.1, 0.15) is 39.5 Å². The van der Waals surface area contributed by atoms with E-state index in [4.69, 9.17) is 4.74 Å². The van der Waals surface area contributed by atoms with Crippen LogP contribution >= 0.6 is 0 Å². The first kappa shape index (κ1) is 12.9. The smallest absolute Gasteiger partial charge is 0.0465 e. The predicted molar refractivity (Wildman–Crippen MR) is 58.0 cm³/mol. The number of ether oxygens (including phenoxy) is 1. The summed E-state index contributed by atoms with van der Waals surface area (Å²) in [6.45, 7) is 5.42. The third kappa shape index (κ3) is 6.05. The maximum absolute atomic E-state index is 5.08. The van der Waals surface area contributed by atoms with E-state index in [9.17, 15) is 0 Å². The molecular weight excluding hydrogens is 162 g/mol. The van der Waals surface area contributed by atoms with E-state index in [1.165, 1.54) is 19.3 Å². The molecule has 0 aliphatic carbocycles. The third-order valence-corrected chi connectivity index (χ3v) is 2.70. The third-order valence-electron chi connectivity index (χ3n) is 2.70. The van der Waals surface area contributed by atoms with Crippen molar-refractivity contribution in [3.05, 3.63) is 0 Å². The Balaban J connectivity index is 3.63. The molecule has 0 fully saturated rings. The van der Waals surface area contributed by atoms with Crippen molar-refractivity contribution in [2.45, 2.75) is 45.6 Å². The zero-order chi connectivity index (χ0) is 10.1. The van der Waals surface area contributed by atoms with E-state index in [0.717, 1.165) is 18.9 Å². The maximum Gasteiger partial charge on any atom is 0.0465 e. The van der Waals surface area contributed by atoms with Crippen LogP contribution in [-0.4, -0.2) is 26.8 Å². The Kier molecular flexibility index (Phi) is 8.46. The molecule has 0 rings (SSSR count). The molecular formula is C11H25NO. The summed E-state index contributed by atoms with van der Waals surface area (Å²) in [6, 6.07) is 0.662. The molecule has 2 nitrogen and oxygen atoms in total. The van der Waals surface area contributed by atoms with Crippen LogP contribution in [0.4, 0.5) is 0 Å². The highest BCUT2D eigenvalue weighted by molar-refractivity contribution is 4.71. The Morgan fingerprint density at radius 3 is 2.46 bits per heavy atom. The molecule has 0 aromatic heterocycles. The predicted octanol–water partition coefficient (Wildman–Crippen LogP) is 2.44. The van der Waals surface area contributed by atoms with Crippen molar-refractivity contribution in [3.8, 4) is 0 Å². The van der Waals surface area contributed by atoms with Gasteiger partial charge in [-0.2, -0.15) is 0 Å². The van der Waals surface area contributed by atoms with Crippen molar-refractivity contribution in [1.29, 1.82) is 0 Å². The summed E-state index contributed by atoms with van der Waals surface area (Å²) < 4.78 is 5.08. The van der Waals surface area contributed by atoms with Crippen molar-refractivity contribution in [2.75, 3.05) is 20.8 Å². The minimum absolute atomic E-state index is 0.662. The summed E-state index contributed by atoms with van der Waals surface area (Å²) in [5.41, 5.74) is 0. The van der Waals surface area contributed by atoms with Gasteiger partial charge in [-0.05, 0) is 25.8 Å². The van der Waals surface area contributed by atoms with Crippen LogP contribution in [0.15, 0.2) is 0 Å². The Bertz CT molecular complexity index is 106. The minimum Gasteiger partial charge on any atom is -0.385 e. The lowest BCUT2D eigenvalue weighted by Crippen LogP contribution is -2.32. The molecule has 0 radical (unpaired) electrons. The first-order valence-electron chi connectivity index (χ1n) is 5.42. The van der Waals surface area contributed by atoms with Gasteiger partial charge < -0.3 is 10.1 Å². The van der Waals surface area contributed by atoms with Crippen LogP contribution in [0.25, 0.3) is 0 Å². The molecule has 0 spiro atoms. The van der Waals surface area contributed by atoms with Gasteiger partial charge in [0.15, 0.2) is 0 Å². The average molecular weight is 187 g/mol. The second-order valence-electron chi connectivity index (χ2n) is 3.80. The molecule has 1 N–H and O–H groups in total. The van der Waals surface area contributed by atoms with Crippen LogP contribution in [0, 0.1) is 5.92 Å². The standard InChI is InChI=1S/C11H25NO/c1-5-6-7-11(12-3)10(2)8-9-13-4/h10-12H,5-9H2,1-4H3. The zero-order valence-electron chi connectivity index (χ0n) is 9.60. The molecule has 0 saturated heterocycles. The molecule has 0 amide bonds. The van der Waals surface area contributed by atoms with E-state index in [1.54, 1.807) is 7.11 Å². The summed E-state index contributed by atoms with van der Waals surface area (Å²) in [4.78, 5) is 0. The van der Waals surface area contributed by atoms with Crippen molar-refractivity contribution < 1.29 is 4.74 Å². The van der Waals surface area contributed by atoms with Gasteiger partial charge in [-0.1, -0.05) is 26.7 Å². The molecule has 0 aromatic rings. The van der Waals surface area contributed by atoms with E-state index in [1.807, 2.05) is 0 Å². The summed E-state index contributed by atoms with van der Waals surface area (Å²) in [6.07, 6.45) is 5.06. The second-order valence-corrected chi connectivity index (χ2v) is 3.80. The highest BCUT2D eigenvalue weighted by Crippen LogP contribution is 2.13. The van der Waals surface area contributed by atoms with E-state index in [2.05, 4.69) is 26.2 Å². The highest BCUT2D eigenvalue weighted by Gasteiger charge is 2.13. The molecule has 2 atom stereocenters. The van der Waals surface area contributed by atoms with Crippen molar-refractivity contribution in [2.24, 2.45) is 5.92 Å². The van der Waals surface area contributed by atoms with E-state index in [0.29, 0.717) is 6.04 Å². The number of hydrogen-bond acceptors (Lipinski definition) is 2. The SMILES string of the molecule is CCCCC(NC)C(C)CCOC. The largest absolute Gasteiger partial charge is 0.385 e. The van der Waals surface area contributed by atoms with E-state index < -0.39 is 0 Å². The van der Waals surface area contributed by atoms with Gasteiger partial charge >= 0.3 is 0 Å². The van der Waals surface area contributed by atoms with Crippen LogP contribution in [0.5, 0.6) is 0 Å². The van der Waals surface area contributed by atoms with Crippen molar-refractivity contribution in [3.63, 3.8) is 0 Å². The topological polar surface area (TPSA) is 21.3 Å². The van der Waals surface area contributed by atoms with Crippen LogP contribution in [0.3, 0.4) is 0 Å². The van der Waals surface area contributed by atoms with Gasteiger partial charge in [0.1, 0.15) is 0 Å². The Hall–Kier alpha value is -0.0800. The molecule has 0 heterocycles. The lowest BCUT2D eigenvalue weighted by Gasteiger charge is -2.23. The first-order chi connectivity index (χ1) is 6.26. The zero-order valence-corrected chi connectivity index (χ0v) is 9.60. The first-order valence-corrected chi connectivity index (χ1v) is 5.42. The minimum atomic E-state index is 0.662. The van der Waals surface area contributed by atoms with Gasteiger partial charge in [0.05, 0.1) is 0 Å². The molecule has 0 aliphatic rings. The van der Waals surface area contributed by atoms with Gasteiger partial charge in [-0.15, -0.1) is 0 Å². The fourth-order valence-corrected chi connectivity index (χ4v) is 1.64. The van der Waals surface area contributed by atoms with Gasteiger partial charge in [0.25, 0.3) is 0 Å². The molecule has 0 aromatic carbocycles. The number of unbranched alkanes of at least 4 members (excludes halogenated alkanes) is 1. The number of methoxy groups -OCH3 is 1. The summed E-state index contributed by atoms with van der Waals surface area (Å²) in [7, 11) is 3.83. The highest BCUT2D eigenvalue weighted by atomic mass is 16.5. The average Bonchev–Trinajstić information content (AvgIpc) is 2.16. The van der Waals surface area contributed by atoms with Crippen molar-refractivity contribution >= 4 is 0 Å². The summed E-state index contributed by atoms with van der Waals surface area (Å²) in [5, 5.41) is 3.39. The summed E-state index contributed by atoms with van der Waals surface area (Å²) in [5.74, 6) is 0.719. The van der Waals surface area contributed by atoms with Gasteiger partial charge in [0, 0.05) is 19.8 Å². The molecule has 0 bridgehead atoms. The molecule has 80 valence electrons. The number of rotatable bonds is 8.